The molecule has 1 heterocycles. The maximum absolute atomic E-state index is 12.5. The summed E-state index contributed by atoms with van der Waals surface area (Å²) in [6, 6.07) is -0.567. The summed E-state index contributed by atoms with van der Waals surface area (Å²) in [7, 11) is 0. The minimum atomic E-state index is -0.567. The first-order valence-corrected chi connectivity index (χ1v) is 6.25. The quantitative estimate of drug-likeness (QED) is 0.693. The van der Waals surface area contributed by atoms with Crippen molar-refractivity contribution in [3.05, 3.63) is 0 Å². The molecule has 1 N–H and O–H groups in total. The summed E-state index contributed by atoms with van der Waals surface area (Å²) in [5.41, 5.74) is -0.165. The summed E-state index contributed by atoms with van der Waals surface area (Å²) in [5.74, 6) is -0.995. The van der Waals surface area contributed by atoms with E-state index in [0.717, 1.165) is 0 Å². The van der Waals surface area contributed by atoms with Crippen LogP contribution in [-0.4, -0.2) is 35.2 Å². The van der Waals surface area contributed by atoms with Gasteiger partial charge in [0.1, 0.15) is 12.6 Å². The van der Waals surface area contributed by atoms with Gasteiger partial charge in [-0.05, 0) is 17.8 Å². The van der Waals surface area contributed by atoms with Gasteiger partial charge in [-0.2, -0.15) is 0 Å². The van der Waals surface area contributed by atoms with E-state index in [4.69, 9.17) is 0 Å². The molecule has 18 heavy (non-hydrogen) atoms. The van der Waals surface area contributed by atoms with E-state index in [0.29, 0.717) is 0 Å². The summed E-state index contributed by atoms with van der Waals surface area (Å²) >= 11 is 0. The fourth-order valence-electron chi connectivity index (χ4n) is 2.96. The largest absolute Gasteiger partial charge is 0.321 e. The molecule has 5 heteroatoms. The lowest BCUT2D eigenvalue weighted by atomic mass is 10.0. The van der Waals surface area contributed by atoms with Crippen LogP contribution in [0, 0.1) is 16.7 Å². The van der Waals surface area contributed by atoms with Crippen LogP contribution in [0.5, 0.6) is 0 Å². The molecule has 2 aliphatic rings. The zero-order valence-electron chi connectivity index (χ0n) is 11.5. The Hall–Kier alpha value is -1.39. The Morgan fingerprint density at radius 2 is 1.72 bits per heavy atom. The predicted molar refractivity (Wildman–Crippen MR) is 65.4 cm³/mol. The lowest BCUT2D eigenvalue weighted by Gasteiger charge is -2.32. The van der Waals surface area contributed by atoms with Crippen LogP contribution in [0.15, 0.2) is 0 Å². The number of hydrogen-bond donors (Lipinski definition) is 1. The molecule has 1 aliphatic heterocycles. The molecule has 1 aliphatic carbocycles. The number of rotatable bonds is 1. The van der Waals surface area contributed by atoms with Gasteiger partial charge in [0.15, 0.2) is 0 Å². The van der Waals surface area contributed by atoms with Gasteiger partial charge in [-0.3, -0.25) is 19.7 Å². The summed E-state index contributed by atoms with van der Waals surface area (Å²) in [6.07, 6.45) is 0. The number of amides is 3. The van der Waals surface area contributed by atoms with Crippen LogP contribution in [-0.2, 0) is 14.4 Å². The highest BCUT2D eigenvalue weighted by atomic mass is 16.2. The monoisotopic (exact) mass is 252 g/mol. The molecule has 1 saturated heterocycles. The van der Waals surface area contributed by atoms with E-state index in [2.05, 4.69) is 5.32 Å². The topological polar surface area (TPSA) is 66.5 Å². The Bertz CT molecular complexity index is 426. The molecule has 100 valence electrons. The van der Waals surface area contributed by atoms with Crippen molar-refractivity contribution in [2.45, 2.75) is 40.7 Å². The number of hydrogen-bond acceptors (Lipinski definition) is 3. The summed E-state index contributed by atoms with van der Waals surface area (Å²) in [5, 5.41) is 2.24. The van der Waals surface area contributed by atoms with Crippen molar-refractivity contribution in [1.29, 1.82) is 0 Å². The van der Waals surface area contributed by atoms with E-state index < -0.39 is 17.9 Å². The fraction of sp³-hybridized carbons (Fsp3) is 0.769. The van der Waals surface area contributed by atoms with Crippen LogP contribution in [0.25, 0.3) is 0 Å². The predicted octanol–water partition coefficient (Wildman–Crippen LogP) is 0.542. The number of imide groups is 1. The molecule has 0 aromatic heterocycles. The van der Waals surface area contributed by atoms with E-state index in [-0.39, 0.29) is 29.2 Å². The van der Waals surface area contributed by atoms with Crippen molar-refractivity contribution in [1.82, 2.24) is 10.2 Å². The molecule has 0 bridgehead atoms. The van der Waals surface area contributed by atoms with Crippen LogP contribution < -0.4 is 5.32 Å². The van der Waals surface area contributed by atoms with Gasteiger partial charge in [-0.1, -0.05) is 27.7 Å². The Kier molecular flexibility index (Phi) is 2.58. The number of nitrogens with one attached hydrogen (secondary N) is 1. The Balaban J connectivity index is 2.20. The highest BCUT2D eigenvalue weighted by Crippen LogP contribution is 2.68. The van der Waals surface area contributed by atoms with E-state index in [1.807, 2.05) is 27.7 Å². The molecule has 5 nitrogen and oxygen atoms in total. The standard InChI is InChI=1S/C13H20N2O3/c1-7-10(17)14-8(16)6-15(7)11(18)9-12(2,3)13(9,4)5/h7,9H,6H2,1-5H3,(H,14,16,17). The van der Waals surface area contributed by atoms with Gasteiger partial charge in [0.25, 0.3) is 0 Å². The van der Waals surface area contributed by atoms with E-state index in [9.17, 15) is 14.4 Å². The Labute approximate surface area is 107 Å². The lowest BCUT2D eigenvalue weighted by molar-refractivity contribution is -0.150. The average Bonchev–Trinajstić information content (AvgIpc) is 2.62. The SMILES string of the molecule is CC1C(=O)NC(=O)CN1C(=O)C1C(C)(C)C1(C)C. The van der Waals surface area contributed by atoms with Gasteiger partial charge in [0, 0.05) is 5.92 Å². The third-order valence-electron chi connectivity index (χ3n) is 4.97. The zero-order chi connectivity index (χ0) is 13.9. The minimum absolute atomic E-state index is 0.0194. The van der Waals surface area contributed by atoms with Crippen LogP contribution in [0.4, 0.5) is 0 Å². The number of nitrogens with zero attached hydrogens (tertiary/aromatic N) is 1. The molecule has 1 unspecified atom stereocenters. The normalized spacial score (nSPS) is 30.1. The first kappa shape index (κ1) is 13.1. The fourth-order valence-corrected chi connectivity index (χ4v) is 2.96. The van der Waals surface area contributed by atoms with E-state index in [1.165, 1.54) is 4.90 Å². The Morgan fingerprint density at radius 1 is 1.22 bits per heavy atom. The van der Waals surface area contributed by atoms with Crippen molar-refractivity contribution in [3.8, 4) is 0 Å². The van der Waals surface area contributed by atoms with Crippen molar-refractivity contribution in [2.75, 3.05) is 6.54 Å². The molecule has 1 saturated carbocycles. The van der Waals surface area contributed by atoms with Gasteiger partial charge in [-0.15, -0.1) is 0 Å². The Morgan fingerprint density at radius 3 is 2.17 bits per heavy atom. The maximum Gasteiger partial charge on any atom is 0.249 e. The van der Waals surface area contributed by atoms with Gasteiger partial charge in [0.2, 0.25) is 17.7 Å². The number of carbonyl (C=O) groups is 3. The van der Waals surface area contributed by atoms with Crippen molar-refractivity contribution < 1.29 is 14.4 Å². The van der Waals surface area contributed by atoms with Gasteiger partial charge in [0.05, 0.1) is 0 Å². The molecule has 0 spiro atoms. The van der Waals surface area contributed by atoms with Crippen LogP contribution in [0.2, 0.25) is 0 Å². The minimum Gasteiger partial charge on any atom is -0.321 e. The number of piperazine rings is 1. The first-order valence-electron chi connectivity index (χ1n) is 6.25. The second-order valence-electron chi connectivity index (χ2n) is 6.43. The summed E-state index contributed by atoms with van der Waals surface area (Å²) in [4.78, 5) is 36.8. The highest BCUT2D eigenvalue weighted by molar-refractivity contribution is 6.04. The van der Waals surface area contributed by atoms with Crippen molar-refractivity contribution >= 4 is 17.7 Å². The molecular formula is C13H20N2O3. The van der Waals surface area contributed by atoms with Crippen LogP contribution >= 0.6 is 0 Å². The lowest BCUT2D eigenvalue weighted by Crippen LogP contribution is -2.59. The summed E-state index contributed by atoms with van der Waals surface area (Å²) < 4.78 is 0. The van der Waals surface area contributed by atoms with Crippen molar-refractivity contribution in [3.63, 3.8) is 0 Å². The van der Waals surface area contributed by atoms with Gasteiger partial charge in [-0.25, -0.2) is 0 Å². The first-order chi connectivity index (χ1) is 8.10. The van der Waals surface area contributed by atoms with Crippen LogP contribution in [0.1, 0.15) is 34.6 Å². The molecule has 0 aromatic carbocycles. The van der Waals surface area contributed by atoms with E-state index in [1.54, 1.807) is 6.92 Å². The number of carbonyl (C=O) groups excluding carboxylic acids is 3. The van der Waals surface area contributed by atoms with Crippen molar-refractivity contribution in [2.24, 2.45) is 16.7 Å². The maximum atomic E-state index is 12.5. The molecule has 0 radical (unpaired) electrons. The van der Waals surface area contributed by atoms with Crippen LogP contribution in [0.3, 0.4) is 0 Å². The third kappa shape index (κ3) is 1.56. The molecular weight excluding hydrogens is 232 g/mol. The second kappa shape index (κ2) is 3.56. The molecule has 1 atom stereocenters. The summed E-state index contributed by atoms with van der Waals surface area (Å²) in [6.45, 7) is 9.83. The molecule has 0 aromatic rings. The second-order valence-corrected chi connectivity index (χ2v) is 6.43. The van der Waals surface area contributed by atoms with Gasteiger partial charge >= 0.3 is 0 Å². The van der Waals surface area contributed by atoms with Gasteiger partial charge < -0.3 is 4.90 Å². The average molecular weight is 252 g/mol. The van der Waals surface area contributed by atoms with E-state index >= 15 is 0 Å². The smallest absolute Gasteiger partial charge is 0.249 e. The zero-order valence-corrected chi connectivity index (χ0v) is 11.5. The highest BCUT2D eigenvalue weighted by Gasteiger charge is 2.69. The molecule has 3 amide bonds. The third-order valence-corrected chi connectivity index (χ3v) is 4.97. The molecule has 2 fully saturated rings. The molecule has 2 rings (SSSR count).